The number of aryl methyl sites for hydroxylation is 8. The molecule has 22 rings (SSSR count). The summed E-state index contributed by atoms with van der Waals surface area (Å²) in [4.78, 5) is 0. The van der Waals surface area contributed by atoms with Crippen molar-refractivity contribution in [2.24, 2.45) is 0 Å². The van der Waals surface area contributed by atoms with Crippen LogP contribution in [-0.2, 0) is 0 Å². The van der Waals surface area contributed by atoms with Gasteiger partial charge in [0.1, 0.15) is 0 Å². The molecule has 0 unspecified atom stereocenters. The number of rotatable bonds is 4. The lowest BCUT2D eigenvalue weighted by molar-refractivity contribution is 1.39. The molecule has 22 aromatic rings. The van der Waals surface area contributed by atoms with Crippen molar-refractivity contribution in [3.63, 3.8) is 0 Å². The standard InChI is InChI=1S/2C50H34/c1-27-11-7-12-28(2)47(27)37-21-22-38-40-23-42-43-26-45-32-16-6-5-15-31(32)33-17-9-20-36(50(33)45)41(43)25-46(48-29(3)13-8-14-30(48)4)44(42)24-39(40)35-19-10-18-34(37)49(35)38;1-27-11-7-12-28(2)45(27)37-23-24-39-44-26-42-38(50(46-29(3)13-8-14-30(46)4)49(44)40-20-10-19-36(37)47(39)40)22-21-33-35-18-9-17-34-31-15-5-6-16-32(31)43(48(34)35)25-41(33)42/h2*5-26H,1-4H3. The maximum Gasteiger partial charge on any atom is -0.00135 e. The van der Waals surface area contributed by atoms with Crippen molar-refractivity contribution in [3.8, 4) is 44.5 Å². The molecule has 468 valence electrons. The minimum Gasteiger partial charge on any atom is -0.0617 e. The van der Waals surface area contributed by atoms with Crippen LogP contribution in [0.15, 0.2) is 267 Å². The van der Waals surface area contributed by atoms with E-state index in [1.807, 2.05) is 0 Å². The maximum atomic E-state index is 2.53. The molecule has 0 spiro atoms. The molecule has 0 aliphatic heterocycles. The van der Waals surface area contributed by atoms with Crippen molar-refractivity contribution in [2.75, 3.05) is 0 Å². The van der Waals surface area contributed by atoms with E-state index >= 15 is 0 Å². The van der Waals surface area contributed by atoms with E-state index in [-0.39, 0.29) is 0 Å². The molecule has 0 atom stereocenters. The Balaban J connectivity index is 0.000000131. The van der Waals surface area contributed by atoms with Gasteiger partial charge < -0.3 is 0 Å². The molecule has 0 nitrogen and oxygen atoms in total. The highest BCUT2D eigenvalue weighted by molar-refractivity contribution is 6.43. The molecule has 0 bridgehead atoms. The normalized spacial score (nSPS) is 12.4. The summed E-state index contributed by atoms with van der Waals surface area (Å²) < 4.78 is 0. The molecule has 0 amide bonds. The Hall–Kier alpha value is -12.0. The van der Waals surface area contributed by atoms with Crippen LogP contribution in [0.2, 0.25) is 0 Å². The zero-order valence-corrected chi connectivity index (χ0v) is 57.4. The van der Waals surface area contributed by atoms with Crippen molar-refractivity contribution in [3.05, 3.63) is 311 Å². The summed E-state index contributed by atoms with van der Waals surface area (Å²) in [6.07, 6.45) is 0. The van der Waals surface area contributed by atoms with Gasteiger partial charge in [0, 0.05) is 0 Å². The van der Waals surface area contributed by atoms with Gasteiger partial charge in [0.2, 0.25) is 0 Å². The fourth-order valence-corrected chi connectivity index (χ4v) is 19.6. The van der Waals surface area contributed by atoms with E-state index in [0.717, 1.165) is 0 Å². The predicted octanol–water partition coefficient (Wildman–Crippen LogP) is 28.7. The first kappa shape index (κ1) is 57.1. The van der Waals surface area contributed by atoms with E-state index in [1.165, 1.54) is 261 Å². The lowest BCUT2D eigenvalue weighted by atomic mass is 9.86. The van der Waals surface area contributed by atoms with Gasteiger partial charge in [-0.25, -0.2) is 0 Å². The lowest BCUT2D eigenvalue weighted by Gasteiger charge is -2.17. The first-order chi connectivity index (χ1) is 49.0. The summed E-state index contributed by atoms with van der Waals surface area (Å²) in [5, 5.41) is 42.9. The number of hydrogen-bond acceptors (Lipinski definition) is 0. The molecule has 0 aliphatic rings. The fraction of sp³-hybridized carbons (Fsp3) is 0.0800. The van der Waals surface area contributed by atoms with Crippen molar-refractivity contribution in [1.82, 2.24) is 0 Å². The second kappa shape index (κ2) is 20.8. The largest absolute Gasteiger partial charge is 0.0617 e. The zero-order valence-electron chi connectivity index (χ0n) is 57.4. The van der Waals surface area contributed by atoms with Gasteiger partial charge in [0.15, 0.2) is 0 Å². The predicted molar refractivity (Wildman–Crippen MR) is 437 cm³/mol. The van der Waals surface area contributed by atoms with Gasteiger partial charge in [-0.05, 0) is 353 Å². The molecular weight excluding hydrogens is 1200 g/mol. The molecular formula is C100H68. The Bertz CT molecular complexity index is 7210. The monoisotopic (exact) mass is 1270 g/mol. The summed E-state index contributed by atoms with van der Waals surface area (Å²) in [7, 11) is 0. The molecule has 0 saturated heterocycles. The molecule has 0 N–H and O–H groups in total. The van der Waals surface area contributed by atoms with Gasteiger partial charge in [-0.1, -0.05) is 231 Å². The van der Waals surface area contributed by atoms with Crippen LogP contribution < -0.4 is 0 Å². The molecule has 0 fully saturated rings. The highest BCUT2D eigenvalue weighted by Crippen LogP contribution is 2.54. The molecule has 0 heterocycles. The topological polar surface area (TPSA) is 0 Å². The van der Waals surface area contributed by atoms with E-state index in [1.54, 1.807) is 0 Å². The lowest BCUT2D eigenvalue weighted by Crippen LogP contribution is -1.92. The SMILES string of the molecule is Cc1cccc(C)c1-c1cc2c(cc3c4ccccc4c4cccc2c43)c2cc3c(cc12)c1cccc2c(-c4c(C)cccc4C)ccc3c21.Cc1cccc(C)c1-c1ccc2c3cc4c(ccc5c4cc4c6ccccc6c6cccc5c64)c(-c4c(C)cccc4C)c3c3cccc1c23. The Morgan fingerprint density at radius 3 is 0.830 bits per heavy atom. The average Bonchev–Trinajstić information content (AvgIpc) is 1.53. The summed E-state index contributed by atoms with van der Waals surface area (Å²) in [6.45, 7) is 18.1. The number of hydrogen-bond donors (Lipinski definition) is 0. The quantitative estimate of drug-likeness (QED) is 0.154. The van der Waals surface area contributed by atoms with Gasteiger partial charge in [0.05, 0.1) is 0 Å². The second-order valence-corrected chi connectivity index (χ2v) is 29.1. The Morgan fingerprint density at radius 2 is 0.360 bits per heavy atom. The van der Waals surface area contributed by atoms with Gasteiger partial charge in [0.25, 0.3) is 0 Å². The number of benzene rings is 18. The Labute approximate surface area is 579 Å². The summed E-state index contributed by atoms with van der Waals surface area (Å²) >= 11 is 0. The smallest absolute Gasteiger partial charge is 0.00135 e. The summed E-state index contributed by atoms with van der Waals surface area (Å²) in [6, 6.07) is 102. The van der Waals surface area contributed by atoms with Crippen molar-refractivity contribution < 1.29 is 0 Å². The molecule has 0 radical (unpaired) electrons. The fourth-order valence-electron chi connectivity index (χ4n) is 19.6. The van der Waals surface area contributed by atoms with E-state index < -0.39 is 0 Å². The molecule has 0 saturated carbocycles. The minimum absolute atomic E-state index is 1.31. The molecule has 0 heteroatoms. The van der Waals surface area contributed by atoms with Crippen LogP contribution >= 0.6 is 0 Å². The highest BCUT2D eigenvalue weighted by atomic mass is 14.3. The third-order valence-corrected chi connectivity index (χ3v) is 23.7. The first-order valence-corrected chi connectivity index (χ1v) is 35.6. The summed E-state index contributed by atoms with van der Waals surface area (Å²) in [5.41, 5.74) is 21.3. The molecule has 22 aromatic carbocycles. The van der Waals surface area contributed by atoms with Crippen LogP contribution in [0, 0.1) is 55.4 Å². The molecule has 100 heavy (non-hydrogen) atoms. The van der Waals surface area contributed by atoms with Crippen LogP contribution in [-0.4, -0.2) is 0 Å². The van der Waals surface area contributed by atoms with Crippen molar-refractivity contribution >= 4 is 172 Å². The number of fused-ring (bicyclic) bond motifs is 20. The molecule has 0 aromatic heterocycles. The van der Waals surface area contributed by atoms with Crippen LogP contribution in [0.25, 0.3) is 217 Å². The third-order valence-electron chi connectivity index (χ3n) is 23.7. The van der Waals surface area contributed by atoms with Gasteiger partial charge >= 0.3 is 0 Å². The van der Waals surface area contributed by atoms with Crippen molar-refractivity contribution in [1.29, 1.82) is 0 Å². The van der Waals surface area contributed by atoms with Crippen LogP contribution in [0.3, 0.4) is 0 Å². The van der Waals surface area contributed by atoms with Gasteiger partial charge in [-0.15, -0.1) is 0 Å². The van der Waals surface area contributed by atoms with Crippen LogP contribution in [0.5, 0.6) is 0 Å². The Kier molecular flexibility index (Phi) is 11.9. The summed E-state index contributed by atoms with van der Waals surface area (Å²) in [5.74, 6) is 0. The van der Waals surface area contributed by atoms with Gasteiger partial charge in [-0.3, -0.25) is 0 Å². The average molecular weight is 1270 g/mol. The third kappa shape index (κ3) is 7.66. The van der Waals surface area contributed by atoms with Crippen LogP contribution in [0.1, 0.15) is 44.5 Å². The zero-order chi connectivity index (χ0) is 66.8. The van der Waals surface area contributed by atoms with E-state index in [4.69, 9.17) is 0 Å². The van der Waals surface area contributed by atoms with E-state index in [0.29, 0.717) is 0 Å². The highest BCUT2D eigenvalue weighted by Gasteiger charge is 2.27. The second-order valence-electron chi connectivity index (χ2n) is 29.1. The minimum atomic E-state index is 1.31. The maximum absolute atomic E-state index is 2.53. The molecule has 0 aliphatic carbocycles. The first-order valence-electron chi connectivity index (χ1n) is 35.6. The van der Waals surface area contributed by atoms with E-state index in [9.17, 15) is 0 Å². The Morgan fingerprint density at radius 1 is 0.120 bits per heavy atom. The van der Waals surface area contributed by atoms with Crippen LogP contribution in [0.4, 0.5) is 0 Å². The van der Waals surface area contributed by atoms with Crippen molar-refractivity contribution in [2.45, 2.75) is 55.4 Å². The van der Waals surface area contributed by atoms with Gasteiger partial charge in [-0.2, -0.15) is 0 Å². The van der Waals surface area contributed by atoms with E-state index in [2.05, 4.69) is 322 Å².